The molecule has 2 saturated heterocycles. The number of anilines is 2. The predicted molar refractivity (Wildman–Crippen MR) is 241 cm³/mol. The molecule has 0 spiro atoms. The van der Waals surface area contributed by atoms with Gasteiger partial charge in [-0.15, -0.1) is 0 Å². The second-order valence-electron chi connectivity index (χ2n) is 18.2. The van der Waals surface area contributed by atoms with Crippen molar-refractivity contribution in [2.75, 3.05) is 36.0 Å². The first kappa shape index (κ1) is 46.5. The van der Waals surface area contributed by atoms with E-state index in [0.717, 1.165) is 47.2 Å². The lowest BCUT2D eigenvalue weighted by Gasteiger charge is -2.35. The van der Waals surface area contributed by atoms with Crippen LogP contribution in [0.4, 0.5) is 25.6 Å². The van der Waals surface area contributed by atoms with Gasteiger partial charge in [-0.05, 0) is 91.0 Å². The van der Waals surface area contributed by atoms with Gasteiger partial charge in [0, 0.05) is 83.6 Å². The van der Waals surface area contributed by atoms with Gasteiger partial charge in [0.1, 0.15) is 39.7 Å². The van der Waals surface area contributed by atoms with Crippen LogP contribution in [0.2, 0.25) is 5.02 Å². The third kappa shape index (κ3) is 10.5. The molecule has 0 unspecified atom stereocenters. The molecule has 2 amide bonds. The number of rotatable bonds is 6. The van der Waals surface area contributed by atoms with Gasteiger partial charge in [-0.25, -0.2) is 23.6 Å². The molecule has 63 heavy (non-hydrogen) atoms. The molecule has 7 rings (SSSR count). The molecule has 342 valence electrons. The second-order valence-corrected chi connectivity index (χ2v) is 18.7. The Balaban J connectivity index is 0.000000219. The first-order chi connectivity index (χ1) is 29.4. The molecule has 5 aromatic rings. The molecule has 0 aliphatic carbocycles. The molecule has 0 bridgehead atoms. The zero-order valence-electron chi connectivity index (χ0n) is 37.6. The van der Waals surface area contributed by atoms with Crippen molar-refractivity contribution in [1.82, 2.24) is 38.5 Å². The summed E-state index contributed by atoms with van der Waals surface area (Å²) in [6, 6.07) is 7.48. The fourth-order valence-corrected chi connectivity index (χ4v) is 8.19. The van der Waals surface area contributed by atoms with Crippen LogP contribution in [-0.4, -0.2) is 89.5 Å². The van der Waals surface area contributed by atoms with Crippen LogP contribution in [0.1, 0.15) is 72.8 Å². The number of aromatic amines is 1. The Labute approximate surface area is 368 Å². The van der Waals surface area contributed by atoms with Gasteiger partial charge in [0.2, 0.25) is 0 Å². The summed E-state index contributed by atoms with van der Waals surface area (Å²) in [4.78, 5) is 82.0. The van der Waals surface area contributed by atoms with Gasteiger partial charge in [-0.1, -0.05) is 11.6 Å². The van der Waals surface area contributed by atoms with Gasteiger partial charge in [0.25, 0.3) is 11.1 Å². The van der Waals surface area contributed by atoms with E-state index in [4.69, 9.17) is 21.1 Å². The van der Waals surface area contributed by atoms with E-state index in [1.807, 2.05) is 26.8 Å². The fraction of sp³-hybridized carbons (Fsp3) is 0.535. The van der Waals surface area contributed by atoms with Gasteiger partial charge >= 0.3 is 23.6 Å². The number of aryl methyl sites for hydroxylation is 2. The van der Waals surface area contributed by atoms with E-state index in [1.165, 1.54) is 41.4 Å². The van der Waals surface area contributed by atoms with Crippen LogP contribution >= 0.6 is 11.6 Å². The smallest absolute Gasteiger partial charge is 0.407 e. The minimum atomic E-state index is -0.611. The summed E-state index contributed by atoms with van der Waals surface area (Å²) in [5.74, 6) is 1.01. The van der Waals surface area contributed by atoms with Gasteiger partial charge < -0.3 is 39.5 Å². The zero-order valence-corrected chi connectivity index (χ0v) is 38.3. The average Bonchev–Trinajstić information content (AvgIpc) is 3.81. The lowest BCUT2D eigenvalue weighted by Crippen LogP contribution is -2.49. The number of halogens is 2. The Bertz CT molecular complexity index is 2790. The van der Waals surface area contributed by atoms with Gasteiger partial charge in [0.15, 0.2) is 0 Å². The summed E-state index contributed by atoms with van der Waals surface area (Å²) in [7, 11) is 6.14. The van der Waals surface area contributed by atoms with Crippen LogP contribution in [0.3, 0.4) is 0 Å². The van der Waals surface area contributed by atoms with Crippen molar-refractivity contribution in [1.29, 1.82) is 0 Å². The second kappa shape index (κ2) is 18.0. The van der Waals surface area contributed by atoms with Crippen LogP contribution in [0.15, 0.2) is 49.5 Å². The molecule has 1 aromatic carbocycles. The molecular formula is C43H58ClFN10O8. The highest BCUT2D eigenvalue weighted by Crippen LogP contribution is 2.30. The van der Waals surface area contributed by atoms with E-state index in [0.29, 0.717) is 58.1 Å². The standard InChI is InChI=1S/C25H31ClFN5O4.C18H27N5O4/c1-25(2,3)36-23(34)28-17-7-6-10-31(14-17)20-12-19-21(22(33)30(5)24(35)29(19)4)32(20)13-15-11-16(27)8-9-18(15)26;1-18(2,3)27-16(25)19-11-7-6-8-23(10-11)13-9-12-14(20-13)15(24)22(5)17(26)21(12)4/h8-9,11-12,17H,6-7,10,13-14H2,1-5H3,(H,28,34);9,11,20H,6-8,10H2,1-5H3,(H,19,25)/t17-;11-/m11/s1. The number of amides is 2. The molecule has 0 radical (unpaired) electrons. The minimum Gasteiger partial charge on any atom is -0.444 e. The molecule has 20 heteroatoms. The number of piperidine rings is 2. The van der Waals surface area contributed by atoms with Gasteiger partial charge in [0.05, 0.1) is 17.6 Å². The van der Waals surface area contributed by atoms with E-state index < -0.39 is 40.5 Å². The first-order valence-electron chi connectivity index (χ1n) is 20.9. The van der Waals surface area contributed by atoms with E-state index in [9.17, 15) is 33.2 Å². The summed E-state index contributed by atoms with van der Waals surface area (Å²) in [6.45, 7) is 13.6. The number of carbonyl (C=O) groups excluding carboxylic acids is 2. The summed E-state index contributed by atoms with van der Waals surface area (Å²) in [5.41, 5.74) is -0.495. The Kier molecular flexibility index (Phi) is 13.3. The fourth-order valence-electron chi connectivity index (χ4n) is 8.01. The molecule has 2 fully saturated rings. The number of benzene rings is 1. The van der Waals surface area contributed by atoms with E-state index in [2.05, 4.69) is 25.4 Å². The third-order valence-electron chi connectivity index (χ3n) is 11.0. The lowest BCUT2D eigenvalue weighted by molar-refractivity contribution is 0.0488. The Morgan fingerprint density at radius 2 is 1.27 bits per heavy atom. The maximum atomic E-state index is 14.1. The number of nitrogens with zero attached hydrogens (tertiary/aromatic N) is 7. The molecular weight excluding hydrogens is 839 g/mol. The molecule has 0 saturated carbocycles. The zero-order chi connectivity index (χ0) is 46.3. The number of fused-ring (bicyclic) bond motifs is 2. The number of hydrogen-bond acceptors (Lipinski definition) is 10. The van der Waals surface area contributed by atoms with Crippen molar-refractivity contribution in [2.24, 2.45) is 28.2 Å². The highest BCUT2D eigenvalue weighted by atomic mass is 35.5. The Morgan fingerprint density at radius 3 is 1.84 bits per heavy atom. The predicted octanol–water partition coefficient (Wildman–Crippen LogP) is 4.43. The number of H-pyrrole nitrogens is 1. The first-order valence-corrected chi connectivity index (χ1v) is 21.3. The number of nitrogens with one attached hydrogen (secondary N) is 3. The normalized spacial score (nSPS) is 17.1. The summed E-state index contributed by atoms with van der Waals surface area (Å²) < 4.78 is 31.6. The minimum absolute atomic E-state index is 0.0494. The van der Waals surface area contributed by atoms with E-state index in [1.54, 1.807) is 45.5 Å². The van der Waals surface area contributed by atoms with Gasteiger partial charge in [-0.3, -0.25) is 27.9 Å². The SMILES string of the molecule is Cn1c(=O)c2[nH]c(N3CCC[C@@H](NC(=O)OC(C)(C)C)C3)cc2n(C)c1=O.Cn1c(=O)c2c(cc(N3CCC[C@@H](NC(=O)OC(C)(C)C)C3)n2Cc2cc(F)ccc2Cl)n(C)c1=O. The molecule has 2 atom stereocenters. The van der Waals surface area contributed by atoms with Crippen LogP contribution in [-0.2, 0) is 44.2 Å². The van der Waals surface area contributed by atoms with E-state index in [-0.39, 0.29) is 29.9 Å². The molecule has 2 aliphatic rings. The molecule has 3 N–H and O–H groups in total. The largest absolute Gasteiger partial charge is 0.444 e. The van der Waals surface area contributed by atoms with Gasteiger partial charge in [-0.2, -0.15) is 0 Å². The van der Waals surface area contributed by atoms with Crippen LogP contribution in [0, 0.1) is 5.82 Å². The number of hydrogen-bond donors (Lipinski definition) is 3. The Morgan fingerprint density at radius 1 is 0.746 bits per heavy atom. The number of aromatic nitrogens is 6. The Hall–Kier alpha value is -5.98. The van der Waals surface area contributed by atoms with Crippen LogP contribution in [0.25, 0.3) is 22.1 Å². The van der Waals surface area contributed by atoms with Crippen LogP contribution in [0.5, 0.6) is 0 Å². The van der Waals surface area contributed by atoms with Crippen molar-refractivity contribution in [3.63, 3.8) is 0 Å². The maximum Gasteiger partial charge on any atom is 0.407 e. The summed E-state index contributed by atoms with van der Waals surface area (Å²) >= 11 is 6.37. The molecule has 4 aromatic heterocycles. The van der Waals surface area contributed by atoms with Crippen molar-refractivity contribution in [2.45, 2.75) is 97.1 Å². The van der Waals surface area contributed by atoms with Crippen molar-refractivity contribution in [3.05, 3.63) is 88.4 Å². The van der Waals surface area contributed by atoms with Crippen LogP contribution < -0.4 is 42.9 Å². The number of carbonyl (C=O) groups is 2. The van der Waals surface area contributed by atoms with Crippen molar-refractivity contribution < 1.29 is 23.5 Å². The number of alkyl carbamates (subject to hydrolysis) is 2. The highest BCUT2D eigenvalue weighted by molar-refractivity contribution is 6.31. The lowest BCUT2D eigenvalue weighted by atomic mass is 10.1. The molecule has 2 aliphatic heterocycles. The van der Waals surface area contributed by atoms with E-state index >= 15 is 0 Å². The number of ether oxygens (including phenoxy) is 2. The highest BCUT2D eigenvalue weighted by Gasteiger charge is 2.29. The quantitative estimate of drug-likeness (QED) is 0.220. The molecule has 18 nitrogen and oxygen atoms in total. The van der Waals surface area contributed by atoms with Crippen molar-refractivity contribution >= 4 is 57.5 Å². The monoisotopic (exact) mass is 896 g/mol. The summed E-state index contributed by atoms with van der Waals surface area (Å²) in [5, 5.41) is 6.21. The average molecular weight is 897 g/mol. The topological polar surface area (TPSA) is 192 Å². The summed E-state index contributed by atoms with van der Waals surface area (Å²) in [6.07, 6.45) is 2.40. The third-order valence-corrected chi connectivity index (χ3v) is 11.4. The maximum absolute atomic E-state index is 14.1. The van der Waals surface area contributed by atoms with Crippen molar-refractivity contribution in [3.8, 4) is 0 Å². The molecule has 6 heterocycles.